The van der Waals surface area contributed by atoms with E-state index in [1.165, 1.54) is 25.0 Å². The van der Waals surface area contributed by atoms with Crippen molar-refractivity contribution in [2.45, 2.75) is 63.3 Å². The highest BCUT2D eigenvalue weighted by molar-refractivity contribution is 8.00. The van der Waals surface area contributed by atoms with E-state index in [0.29, 0.717) is 12.1 Å². The van der Waals surface area contributed by atoms with Gasteiger partial charge in [0.1, 0.15) is 11.6 Å². The van der Waals surface area contributed by atoms with Crippen molar-refractivity contribution in [2.24, 2.45) is 5.73 Å². The van der Waals surface area contributed by atoms with Crippen LogP contribution in [-0.4, -0.2) is 57.1 Å². The Balaban J connectivity index is 0.000000517. The molecule has 8 heteroatoms. The van der Waals surface area contributed by atoms with Crippen LogP contribution in [0, 0.1) is 6.92 Å². The first-order valence-electron chi connectivity index (χ1n) is 12.0. The molecule has 33 heavy (non-hydrogen) atoms. The van der Waals surface area contributed by atoms with Gasteiger partial charge in [0.05, 0.1) is 40.7 Å². The first kappa shape index (κ1) is 22.6. The zero-order valence-electron chi connectivity index (χ0n) is 19.8. The molecule has 2 saturated heterocycles. The van der Waals surface area contributed by atoms with E-state index in [1.807, 2.05) is 36.9 Å². The highest BCUT2D eigenvalue weighted by atomic mass is 32.2. The number of aromatic nitrogens is 4. The van der Waals surface area contributed by atoms with Gasteiger partial charge in [-0.2, -0.15) is 4.98 Å². The van der Waals surface area contributed by atoms with E-state index in [0.717, 1.165) is 60.5 Å². The molecular weight excluding hydrogens is 432 g/mol. The molecule has 2 N–H and O–H groups in total. The molecule has 2 atom stereocenters. The number of anilines is 1. The van der Waals surface area contributed by atoms with E-state index in [9.17, 15) is 0 Å². The quantitative estimate of drug-likeness (QED) is 0.619. The molecule has 2 unspecified atom stereocenters. The Bertz CT molecular complexity index is 1120. The van der Waals surface area contributed by atoms with Crippen LogP contribution in [0.1, 0.15) is 51.0 Å². The molecule has 0 radical (unpaired) electrons. The lowest BCUT2D eigenvalue weighted by atomic mass is 10.0. The summed E-state index contributed by atoms with van der Waals surface area (Å²) in [6.07, 6.45) is 4.91. The molecule has 1 aliphatic carbocycles. The second-order valence-electron chi connectivity index (χ2n) is 9.53. The highest BCUT2D eigenvalue weighted by Crippen LogP contribution is 2.46. The van der Waals surface area contributed by atoms with E-state index >= 15 is 0 Å². The van der Waals surface area contributed by atoms with Crippen molar-refractivity contribution < 1.29 is 4.74 Å². The SMILES string of the molecule is Cc1nc2ccccc2n1-c1nc(N2CCOCC2C)cc(C2(C)CCCS2)n1.NC1CC1. The zero-order chi connectivity index (χ0) is 23.0. The maximum absolute atomic E-state index is 5.66. The average Bonchev–Trinajstić information content (AvgIpc) is 3.33. The lowest BCUT2D eigenvalue weighted by Crippen LogP contribution is -2.44. The Hall–Kier alpha value is -2.16. The third-order valence-corrected chi connectivity index (χ3v) is 8.22. The maximum Gasteiger partial charge on any atom is 0.237 e. The van der Waals surface area contributed by atoms with Gasteiger partial charge >= 0.3 is 0 Å². The Kier molecular flexibility index (Phi) is 6.33. The largest absolute Gasteiger partial charge is 0.377 e. The van der Waals surface area contributed by atoms with E-state index in [-0.39, 0.29) is 4.75 Å². The molecule has 0 bridgehead atoms. The average molecular weight is 467 g/mol. The summed E-state index contributed by atoms with van der Waals surface area (Å²) in [7, 11) is 0. The van der Waals surface area contributed by atoms with Crippen LogP contribution in [0.15, 0.2) is 30.3 Å². The summed E-state index contributed by atoms with van der Waals surface area (Å²) >= 11 is 2.01. The fourth-order valence-corrected chi connectivity index (χ4v) is 5.76. The Morgan fingerprint density at radius 3 is 2.67 bits per heavy atom. The third-order valence-electron chi connectivity index (χ3n) is 6.67. The first-order valence-corrected chi connectivity index (χ1v) is 13.0. The van der Waals surface area contributed by atoms with Gasteiger partial charge in [0, 0.05) is 18.7 Å². The van der Waals surface area contributed by atoms with Crippen LogP contribution in [-0.2, 0) is 9.48 Å². The van der Waals surface area contributed by atoms with Crippen molar-refractivity contribution in [2.75, 3.05) is 30.4 Å². The van der Waals surface area contributed by atoms with Crippen LogP contribution in [0.4, 0.5) is 5.82 Å². The summed E-state index contributed by atoms with van der Waals surface area (Å²) in [5.41, 5.74) is 8.37. The minimum absolute atomic E-state index is 0.0340. The Labute approximate surface area is 200 Å². The van der Waals surface area contributed by atoms with Gasteiger partial charge in [-0.05, 0) is 64.3 Å². The van der Waals surface area contributed by atoms with E-state index in [1.54, 1.807) is 0 Å². The number of imidazole rings is 1. The molecule has 4 heterocycles. The minimum Gasteiger partial charge on any atom is -0.377 e. The number of hydrogen-bond acceptors (Lipinski definition) is 7. The summed E-state index contributed by atoms with van der Waals surface area (Å²) in [6.45, 7) is 8.86. The van der Waals surface area contributed by atoms with E-state index in [4.69, 9.17) is 25.4 Å². The fourth-order valence-electron chi connectivity index (χ4n) is 4.48. The molecule has 6 rings (SSSR count). The van der Waals surface area contributed by atoms with Gasteiger partial charge in [-0.15, -0.1) is 11.8 Å². The molecule has 1 aromatic carbocycles. The van der Waals surface area contributed by atoms with Gasteiger partial charge < -0.3 is 15.4 Å². The summed E-state index contributed by atoms with van der Waals surface area (Å²) in [5, 5.41) is 0. The highest BCUT2D eigenvalue weighted by Gasteiger charge is 2.35. The summed E-state index contributed by atoms with van der Waals surface area (Å²) in [6, 6.07) is 11.3. The number of rotatable bonds is 3. The predicted octanol–water partition coefficient (Wildman–Crippen LogP) is 4.20. The normalized spacial score (nSPS) is 25.2. The standard InChI is InChI=1S/C22H27N5OS.C3H7N/c1-15-14-28-11-10-26(15)20-13-19(22(3)9-6-12-29-22)24-21(25-20)27-16(2)23-17-7-4-5-8-18(17)27;4-3-1-2-3/h4-5,7-8,13,15H,6,9-12,14H2,1-3H3;3H,1-2,4H2. The summed E-state index contributed by atoms with van der Waals surface area (Å²) < 4.78 is 7.79. The van der Waals surface area contributed by atoms with Crippen LogP contribution < -0.4 is 10.6 Å². The van der Waals surface area contributed by atoms with Crippen LogP contribution in [0.25, 0.3) is 17.0 Å². The van der Waals surface area contributed by atoms with Crippen molar-refractivity contribution in [1.82, 2.24) is 19.5 Å². The lowest BCUT2D eigenvalue weighted by Gasteiger charge is -2.35. The molecule has 2 aromatic heterocycles. The Morgan fingerprint density at radius 1 is 1.18 bits per heavy atom. The van der Waals surface area contributed by atoms with Crippen LogP contribution >= 0.6 is 11.8 Å². The second kappa shape index (κ2) is 9.24. The van der Waals surface area contributed by atoms with Gasteiger partial charge in [0.2, 0.25) is 5.95 Å². The van der Waals surface area contributed by atoms with Crippen molar-refractivity contribution in [1.29, 1.82) is 0 Å². The predicted molar refractivity (Wildman–Crippen MR) is 135 cm³/mol. The number of hydrogen-bond donors (Lipinski definition) is 1. The number of fused-ring (bicyclic) bond motifs is 1. The van der Waals surface area contributed by atoms with Crippen molar-refractivity contribution in [3.8, 4) is 5.95 Å². The zero-order valence-corrected chi connectivity index (χ0v) is 20.6. The lowest BCUT2D eigenvalue weighted by molar-refractivity contribution is 0.0985. The fraction of sp³-hybridized carbons (Fsp3) is 0.560. The first-order chi connectivity index (χ1) is 15.9. The molecule has 0 spiro atoms. The molecule has 7 nitrogen and oxygen atoms in total. The van der Waals surface area contributed by atoms with Crippen molar-refractivity contribution in [3.05, 3.63) is 41.9 Å². The number of thioether (sulfide) groups is 1. The molecule has 1 saturated carbocycles. The number of para-hydroxylation sites is 2. The smallest absolute Gasteiger partial charge is 0.237 e. The molecular formula is C25H34N6OS. The van der Waals surface area contributed by atoms with Gasteiger partial charge in [-0.25, -0.2) is 9.97 Å². The van der Waals surface area contributed by atoms with Crippen LogP contribution in [0.2, 0.25) is 0 Å². The maximum atomic E-state index is 5.66. The van der Waals surface area contributed by atoms with Gasteiger partial charge in [0.15, 0.2) is 0 Å². The molecule has 2 aliphatic heterocycles. The van der Waals surface area contributed by atoms with Crippen LogP contribution in [0.3, 0.4) is 0 Å². The molecule has 176 valence electrons. The van der Waals surface area contributed by atoms with Crippen LogP contribution in [0.5, 0.6) is 0 Å². The van der Waals surface area contributed by atoms with Gasteiger partial charge in [-0.3, -0.25) is 4.57 Å². The number of nitrogens with two attached hydrogens (primary N) is 1. The monoisotopic (exact) mass is 466 g/mol. The van der Waals surface area contributed by atoms with E-state index < -0.39 is 0 Å². The topological polar surface area (TPSA) is 82.1 Å². The third kappa shape index (κ3) is 4.74. The number of ether oxygens (including phenoxy) is 1. The number of aryl methyl sites for hydroxylation is 1. The number of morpholine rings is 1. The molecule has 3 aliphatic rings. The summed E-state index contributed by atoms with van der Waals surface area (Å²) in [4.78, 5) is 17.2. The summed E-state index contributed by atoms with van der Waals surface area (Å²) in [5.74, 6) is 3.81. The molecule has 0 amide bonds. The van der Waals surface area contributed by atoms with Gasteiger partial charge in [-0.1, -0.05) is 12.1 Å². The molecule has 3 aromatic rings. The minimum atomic E-state index is 0.0340. The van der Waals surface area contributed by atoms with Crippen molar-refractivity contribution >= 4 is 28.6 Å². The van der Waals surface area contributed by atoms with Crippen molar-refractivity contribution in [3.63, 3.8) is 0 Å². The molecule has 3 fully saturated rings. The van der Waals surface area contributed by atoms with Gasteiger partial charge in [0.25, 0.3) is 0 Å². The number of benzene rings is 1. The second-order valence-corrected chi connectivity index (χ2v) is 11.1. The number of nitrogens with zero attached hydrogens (tertiary/aromatic N) is 5. The van der Waals surface area contributed by atoms with E-state index in [2.05, 4.69) is 35.4 Å². The Morgan fingerprint density at radius 2 is 1.97 bits per heavy atom.